The maximum absolute atomic E-state index is 2.51. The summed E-state index contributed by atoms with van der Waals surface area (Å²) < 4.78 is 4.49. The molecule has 0 spiro atoms. The molecule has 3 heteroatoms. The van der Waals surface area contributed by atoms with E-state index in [1.807, 2.05) is 0 Å². The second kappa shape index (κ2) is 5.08. The number of nitrogens with zero attached hydrogens (tertiary/aromatic N) is 3. The van der Waals surface area contributed by atoms with Crippen LogP contribution in [0.5, 0.6) is 0 Å². The SMILES string of the molecule is Cn1c(-c2ccccc2)cc(N2CCCCC2)[n+]1C. The van der Waals surface area contributed by atoms with Crippen LogP contribution in [-0.2, 0) is 14.1 Å². The minimum absolute atomic E-state index is 1.19. The van der Waals surface area contributed by atoms with Crippen molar-refractivity contribution in [1.29, 1.82) is 0 Å². The van der Waals surface area contributed by atoms with Crippen LogP contribution < -0.4 is 9.58 Å². The molecular weight excluding hydrogens is 234 g/mol. The van der Waals surface area contributed by atoms with Gasteiger partial charge in [0.1, 0.15) is 7.05 Å². The number of hydrogen-bond acceptors (Lipinski definition) is 1. The van der Waals surface area contributed by atoms with Gasteiger partial charge in [-0.25, -0.2) is 4.68 Å². The van der Waals surface area contributed by atoms with Crippen LogP contribution >= 0.6 is 0 Å². The van der Waals surface area contributed by atoms with Crippen LogP contribution in [0.3, 0.4) is 0 Å². The van der Waals surface area contributed by atoms with Crippen LogP contribution in [0.2, 0.25) is 0 Å². The van der Waals surface area contributed by atoms with Crippen molar-refractivity contribution in [2.45, 2.75) is 19.3 Å². The normalized spacial score (nSPS) is 15.8. The van der Waals surface area contributed by atoms with Crippen molar-refractivity contribution in [3.05, 3.63) is 36.4 Å². The molecule has 100 valence electrons. The molecule has 0 N–H and O–H groups in total. The quantitative estimate of drug-likeness (QED) is 0.752. The van der Waals surface area contributed by atoms with Gasteiger partial charge in [0, 0.05) is 12.6 Å². The van der Waals surface area contributed by atoms with Gasteiger partial charge in [-0.15, -0.1) is 0 Å². The third-order valence-corrected chi connectivity index (χ3v) is 4.15. The fourth-order valence-corrected chi connectivity index (χ4v) is 2.92. The van der Waals surface area contributed by atoms with E-state index in [1.54, 1.807) is 0 Å². The van der Waals surface area contributed by atoms with Crippen LogP contribution in [0.25, 0.3) is 11.3 Å². The number of piperidine rings is 1. The Labute approximate surface area is 115 Å². The van der Waals surface area contributed by atoms with Gasteiger partial charge in [-0.3, -0.25) is 4.90 Å². The van der Waals surface area contributed by atoms with Gasteiger partial charge in [0.2, 0.25) is 0 Å². The van der Waals surface area contributed by atoms with Crippen molar-refractivity contribution < 1.29 is 4.68 Å². The smallest absolute Gasteiger partial charge is 0.260 e. The van der Waals surface area contributed by atoms with E-state index in [4.69, 9.17) is 0 Å². The molecule has 0 aliphatic carbocycles. The molecule has 3 nitrogen and oxygen atoms in total. The second-order valence-corrected chi connectivity index (χ2v) is 5.35. The van der Waals surface area contributed by atoms with Gasteiger partial charge in [0.25, 0.3) is 5.82 Å². The first-order valence-electron chi connectivity index (χ1n) is 7.14. The standard InChI is InChI=1S/C16H22N3/c1-17-15(14-9-5-3-6-10-14)13-16(18(17)2)19-11-7-4-8-12-19/h3,5-6,9-10,13H,4,7-8,11-12H2,1-2H3/q+1. The molecule has 0 amide bonds. The molecule has 0 radical (unpaired) electrons. The van der Waals surface area contributed by atoms with Crippen LogP contribution in [-0.4, -0.2) is 17.8 Å². The predicted octanol–water partition coefficient (Wildman–Crippen LogP) is 2.51. The third kappa shape index (κ3) is 2.25. The summed E-state index contributed by atoms with van der Waals surface area (Å²) in [7, 11) is 4.28. The summed E-state index contributed by atoms with van der Waals surface area (Å²) in [5, 5.41) is 0. The zero-order valence-electron chi connectivity index (χ0n) is 11.8. The van der Waals surface area contributed by atoms with Crippen molar-refractivity contribution >= 4 is 5.82 Å². The number of anilines is 1. The molecule has 0 saturated carbocycles. The summed E-state index contributed by atoms with van der Waals surface area (Å²) in [4.78, 5) is 2.51. The van der Waals surface area contributed by atoms with Crippen LogP contribution in [0.15, 0.2) is 36.4 Å². The van der Waals surface area contributed by atoms with E-state index in [1.165, 1.54) is 49.4 Å². The summed E-state index contributed by atoms with van der Waals surface area (Å²) in [5.41, 5.74) is 2.56. The van der Waals surface area contributed by atoms with E-state index in [0.29, 0.717) is 0 Å². The minimum atomic E-state index is 1.19. The van der Waals surface area contributed by atoms with Crippen molar-refractivity contribution in [2.24, 2.45) is 14.1 Å². The molecule has 2 heterocycles. The average molecular weight is 256 g/mol. The Kier molecular flexibility index (Phi) is 3.28. The van der Waals surface area contributed by atoms with E-state index < -0.39 is 0 Å². The number of benzene rings is 1. The summed E-state index contributed by atoms with van der Waals surface area (Å²) in [6, 6.07) is 12.9. The largest absolute Gasteiger partial charge is 0.297 e. The molecule has 1 aliphatic heterocycles. The zero-order valence-corrected chi connectivity index (χ0v) is 11.8. The first-order valence-corrected chi connectivity index (χ1v) is 7.14. The lowest BCUT2D eigenvalue weighted by atomic mass is 10.1. The summed E-state index contributed by atoms with van der Waals surface area (Å²) in [5.74, 6) is 1.33. The molecule has 0 bridgehead atoms. The molecular formula is C16H22N3+. The van der Waals surface area contributed by atoms with Crippen molar-refractivity contribution in [1.82, 2.24) is 4.68 Å². The van der Waals surface area contributed by atoms with Gasteiger partial charge in [0.05, 0.1) is 24.8 Å². The highest BCUT2D eigenvalue weighted by molar-refractivity contribution is 5.62. The second-order valence-electron chi connectivity index (χ2n) is 5.35. The fraction of sp³-hybridized carbons (Fsp3) is 0.438. The third-order valence-electron chi connectivity index (χ3n) is 4.15. The monoisotopic (exact) mass is 256 g/mol. The fourth-order valence-electron chi connectivity index (χ4n) is 2.92. The topological polar surface area (TPSA) is 12.1 Å². The van der Waals surface area contributed by atoms with E-state index in [-0.39, 0.29) is 0 Å². The Morgan fingerprint density at radius 2 is 1.68 bits per heavy atom. The lowest BCUT2D eigenvalue weighted by Gasteiger charge is -2.20. The highest BCUT2D eigenvalue weighted by Crippen LogP contribution is 2.24. The van der Waals surface area contributed by atoms with Gasteiger partial charge >= 0.3 is 0 Å². The maximum atomic E-state index is 2.51. The van der Waals surface area contributed by atoms with Crippen LogP contribution in [0.4, 0.5) is 5.82 Å². The molecule has 2 aromatic rings. The van der Waals surface area contributed by atoms with Crippen molar-refractivity contribution in [3.8, 4) is 11.3 Å². The molecule has 0 atom stereocenters. The highest BCUT2D eigenvalue weighted by Gasteiger charge is 2.25. The Bertz CT molecular complexity index is 551. The lowest BCUT2D eigenvalue weighted by molar-refractivity contribution is -0.738. The molecule has 1 fully saturated rings. The molecule has 1 aliphatic rings. The molecule has 0 unspecified atom stereocenters. The number of hydrogen-bond donors (Lipinski definition) is 0. The number of aromatic nitrogens is 2. The molecule has 1 saturated heterocycles. The summed E-state index contributed by atoms with van der Waals surface area (Å²) in [6.45, 7) is 2.37. The molecule has 19 heavy (non-hydrogen) atoms. The Morgan fingerprint density at radius 3 is 2.37 bits per heavy atom. The Balaban J connectivity index is 1.99. The lowest BCUT2D eigenvalue weighted by Crippen LogP contribution is -2.45. The minimum Gasteiger partial charge on any atom is -0.260 e. The summed E-state index contributed by atoms with van der Waals surface area (Å²) >= 11 is 0. The highest BCUT2D eigenvalue weighted by atomic mass is 15.4. The summed E-state index contributed by atoms with van der Waals surface area (Å²) in [6.07, 6.45) is 4.00. The maximum Gasteiger partial charge on any atom is 0.297 e. The Morgan fingerprint density at radius 1 is 1.00 bits per heavy atom. The van der Waals surface area contributed by atoms with Gasteiger partial charge in [-0.2, -0.15) is 4.68 Å². The molecule has 3 rings (SSSR count). The Hall–Kier alpha value is -1.77. The van der Waals surface area contributed by atoms with Crippen LogP contribution in [0.1, 0.15) is 19.3 Å². The van der Waals surface area contributed by atoms with Crippen molar-refractivity contribution in [2.75, 3.05) is 18.0 Å². The van der Waals surface area contributed by atoms with E-state index in [9.17, 15) is 0 Å². The zero-order chi connectivity index (χ0) is 13.2. The predicted molar refractivity (Wildman–Crippen MR) is 78.1 cm³/mol. The van der Waals surface area contributed by atoms with E-state index >= 15 is 0 Å². The molecule has 1 aromatic heterocycles. The van der Waals surface area contributed by atoms with Crippen LogP contribution in [0, 0.1) is 0 Å². The van der Waals surface area contributed by atoms with Gasteiger partial charge < -0.3 is 0 Å². The van der Waals surface area contributed by atoms with Gasteiger partial charge in [-0.05, 0) is 19.3 Å². The van der Waals surface area contributed by atoms with Crippen molar-refractivity contribution in [3.63, 3.8) is 0 Å². The first-order chi connectivity index (χ1) is 9.27. The average Bonchev–Trinajstić information content (AvgIpc) is 2.77. The van der Waals surface area contributed by atoms with E-state index in [2.05, 4.69) is 64.8 Å². The van der Waals surface area contributed by atoms with Gasteiger partial charge in [-0.1, -0.05) is 30.3 Å². The molecule has 1 aromatic carbocycles. The number of rotatable bonds is 2. The van der Waals surface area contributed by atoms with Gasteiger partial charge in [0.15, 0.2) is 0 Å². The van der Waals surface area contributed by atoms with E-state index in [0.717, 1.165) is 0 Å². The first kappa shape index (κ1) is 12.3.